The molecule has 7 nitrogen and oxygen atoms in total. The van der Waals surface area contributed by atoms with Crippen molar-refractivity contribution in [1.82, 2.24) is 4.57 Å². The summed E-state index contributed by atoms with van der Waals surface area (Å²) in [5.74, 6) is -2.88. The molecule has 0 saturated carbocycles. The summed E-state index contributed by atoms with van der Waals surface area (Å²) >= 11 is 25.9. The maximum Gasteiger partial charge on any atom is 0.338 e. The van der Waals surface area contributed by atoms with Gasteiger partial charge in [0.2, 0.25) is 0 Å². The van der Waals surface area contributed by atoms with Crippen molar-refractivity contribution in [3.05, 3.63) is 92.7 Å². The first-order chi connectivity index (χ1) is 17.6. The van der Waals surface area contributed by atoms with Crippen molar-refractivity contribution in [1.29, 1.82) is 0 Å². The summed E-state index contributed by atoms with van der Waals surface area (Å²) in [7, 11) is 1.19. The maximum atomic E-state index is 13.5. The second-order valence-electron chi connectivity index (χ2n) is 7.75. The molecule has 2 heterocycles. The fourth-order valence-corrected chi connectivity index (χ4v) is 6.11. The van der Waals surface area contributed by atoms with Crippen LogP contribution < -0.4 is 20.5 Å². The monoisotopic (exact) mass is 598 g/mol. The number of methoxy groups -OCH3 is 1. The summed E-state index contributed by atoms with van der Waals surface area (Å²) in [6.45, 7) is 1.65. The fourth-order valence-electron chi connectivity index (χ4n) is 3.97. The third kappa shape index (κ3) is 5.04. The molecule has 0 amide bonds. The maximum absolute atomic E-state index is 13.5. The Bertz CT molecular complexity index is 1660. The molecule has 0 radical (unpaired) electrons. The topological polar surface area (TPSA) is 101 Å². The highest BCUT2D eigenvalue weighted by atomic mass is 35.5. The van der Waals surface area contributed by atoms with Crippen molar-refractivity contribution in [3.63, 3.8) is 0 Å². The standard InChI is InChI=1S/C25H18Cl4N2O5S/c1-3-36-25(34)19-18(14-7-6-13(27)10-16(14)29)20(24(33)35-2)23-31(21(19)30)22(32)17(37-23)8-11-4-5-12(26)9-15(11)28/h4-10,18H,3,30H2,1-2H3/b17-8-. The Morgan fingerprint density at radius 1 is 1.03 bits per heavy atom. The van der Waals surface area contributed by atoms with Crippen LogP contribution >= 0.6 is 57.7 Å². The molecule has 0 bridgehead atoms. The molecule has 3 aromatic rings. The molecule has 192 valence electrons. The lowest BCUT2D eigenvalue weighted by Gasteiger charge is -2.27. The molecule has 1 aliphatic rings. The number of halogens is 4. The highest BCUT2D eigenvalue weighted by Crippen LogP contribution is 2.41. The van der Waals surface area contributed by atoms with E-state index in [0.717, 1.165) is 15.9 Å². The van der Waals surface area contributed by atoms with Gasteiger partial charge in [-0.3, -0.25) is 9.36 Å². The molecule has 1 unspecified atom stereocenters. The number of nitrogens with two attached hydrogens (primary N) is 1. The van der Waals surface area contributed by atoms with Gasteiger partial charge in [0.15, 0.2) is 0 Å². The molecular formula is C25H18Cl4N2O5S. The number of ether oxygens (including phenoxy) is 2. The largest absolute Gasteiger partial charge is 0.466 e. The highest BCUT2D eigenvalue weighted by molar-refractivity contribution is 7.07. The molecule has 4 rings (SSSR count). The van der Waals surface area contributed by atoms with Crippen LogP contribution in [0, 0.1) is 0 Å². The number of fused-ring (bicyclic) bond motifs is 1. The van der Waals surface area contributed by atoms with E-state index in [2.05, 4.69) is 0 Å². The lowest BCUT2D eigenvalue weighted by atomic mass is 9.83. The molecule has 1 aliphatic heterocycles. The van der Waals surface area contributed by atoms with E-state index in [-0.39, 0.29) is 37.8 Å². The minimum atomic E-state index is -1.10. The predicted octanol–water partition coefficient (Wildman–Crippen LogP) is 4.16. The van der Waals surface area contributed by atoms with Crippen LogP contribution in [0.4, 0.5) is 0 Å². The van der Waals surface area contributed by atoms with Crippen molar-refractivity contribution in [2.75, 3.05) is 13.7 Å². The van der Waals surface area contributed by atoms with Gasteiger partial charge in [0.1, 0.15) is 10.5 Å². The summed E-state index contributed by atoms with van der Waals surface area (Å²) in [6, 6.07) is 9.43. The SMILES string of the molecule is CCOC(=O)C1=C(N)n2c(s/c(=C\c3ccc(Cl)cc3Cl)c2=O)=C(C(=O)OC)C1c1ccc(Cl)cc1Cl. The summed E-state index contributed by atoms with van der Waals surface area (Å²) in [4.78, 5) is 39.9. The number of hydrogen-bond donors (Lipinski definition) is 1. The van der Waals surface area contributed by atoms with Gasteiger partial charge in [-0.15, -0.1) is 11.3 Å². The van der Waals surface area contributed by atoms with Gasteiger partial charge >= 0.3 is 11.9 Å². The van der Waals surface area contributed by atoms with Gasteiger partial charge < -0.3 is 15.2 Å². The van der Waals surface area contributed by atoms with Crippen LogP contribution in [-0.4, -0.2) is 30.2 Å². The van der Waals surface area contributed by atoms with Gasteiger partial charge in [0.05, 0.1) is 35.3 Å². The molecule has 0 aliphatic carbocycles. The first-order valence-corrected chi connectivity index (χ1v) is 13.0. The molecule has 0 saturated heterocycles. The molecule has 37 heavy (non-hydrogen) atoms. The zero-order chi connectivity index (χ0) is 27.0. The summed E-state index contributed by atoms with van der Waals surface area (Å²) < 4.78 is 11.8. The number of esters is 2. The number of carbonyl (C=O) groups is 2. The van der Waals surface area contributed by atoms with Crippen molar-refractivity contribution in [2.45, 2.75) is 12.8 Å². The molecule has 2 aromatic carbocycles. The van der Waals surface area contributed by atoms with E-state index in [0.29, 0.717) is 26.2 Å². The van der Waals surface area contributed by atoms with Gasteiger partial charge in [-0.2, -0.15) is 0 Å². The molecule has 12 heteroatoms. The third-order valence-electron chi connectivity index (χ3n) is 5.57. The van der Waals surface area contributed by atoms with Crippen molar-refractivity contribution in [3.8, 4) is 0 Å². The van der Waals surface area contributed by atoms with Crippen LogP contribution in [0.25, 0.3) is 17.5 Å². The molecule has 0 spiro atoms. The minimum Gasteiger partial charge on any atom is -0.466 e. The van der Waals surface area contributed by atoms with Crippen LogP contribution in [0.1, 0.15) is 24.0 Å². The number of rotatable bonds is 5. The van der Waals surface area contributed by atoms with Crippen LogP contribution in [0.5, 0.6) is 0 Å². The van der Waals surface area contributed by atoms with E-state index >= 15 is 0 Å². The number of carbonyl (C=O) groups excluding carboxylic acids is 2. The van der Waals surface area contributed by atoms with Gasteiger partial charge in [0.25, 0.3) is 5.56 Å². The molecule has 2 N–H and O–H groups in total. The number of aromatic nitrogens is 1. The van der Waals surface area contributed by atoms with Crippen LogP contribution in [0.15, 0.2) is 46.8 Å². The van der Waals surface area contributed by atoms with E-state index in [1.54, 1.807) is 37.3 Å². The normalized spacial score (nSPS) is 15.6. The average Bonchev–Trinajstić information content (AvgIpc) is 3.16. The summed E-state index contributed by atoms with van der Waals surface area (Å²) in [6.07, 6.45) is 1.55. The Labute approximate surface area is 234 Å². The molecular weight excluding hydrogens is 582 g/mol. The molecule has 1 aromatic heterocycles. The number of nitrogens with zero attached hydrogens (tertiary/aromatic N) is 1. The Kier molecular flexibility index (Phi) is 8.06. The Hall–Kier alpha value is -2.75. The zero-order valence-corrected chi connectivity index (χ0v) is 23.2. The van der Waals surface area contributed by atoms with Crippen LogP contribution in [0.2, 0.25) is 20.1 Å². The predicted molar refractivity (Wildman–Crippen MR) is 147 cm³/mol. The van der Waals surface area contributed by atoms with Gasteiger partial charge in [0, 0.05) is 20.1 Å². The number of thiazole rings is 1. The smallest absolute Gasteiger partial charge is 0.338 e. The average molecular weight is 600 g/mol. The summed E-state index contributed by atoms with van der Waals surface area (Å²) in [5.41, 5.74) is 6.63. The van der Waals surface area contributed by atoms with Crippen molar-refractivity contribution in [2.24, 2.45) is 5.73 Å². The van der Waals surface area contributed by atoms with Crippen LogP contribution in [-0.2, 0) is 19.1 Å². The highest BCUT2D eigenvalue weighted by Gasteiger charge is 2.40. The van der Waals surface area contributed by atoms with Gasteiger partial charge in [-0.1, -0.05) is 58.5 Å². The van der Waals surface area contributed by atoms with Gasteiger partial charge in [-0.25, -0.2) is 9.59 Å². The Morgan fingerprint density at radius 3 is 2.27 bits per heavy atom. The quantitative estimate of drug-likeness (QED) is 0.442. The zero-order valence-electron chi connectivity index (χ0n) is 19.3. The van der Waals surface area contributed by atoms with Crippen molar-refractivity contribution < 1.29 is 19.1 Å². The van der Waals surface area contributed by atoms with E-state index in [9.17, 15) is 14.4 Å². The van der Waals surface area contributed by atoms with Gasteiger partial charge in [-0.05, 0) is 48.4 Å². The second-order valence-corrected chi connectivity index (χ2v) is 10.5. The summed E-state index contributed by atoms with van der Waals surface area (Å²) in [5, 5.41) is 1.28. The van der Waals surface area contributed by atoms with E-state index < -0.39 is 23.4 Å². The fraction of sp³-hybridized carbons (Fsp3) is 0.160. The molecule has 0 fully saturated rings. The number of benzene rings is 2. The number of hydrogen-bond acceptors (Lipinski definition) is 7. The second kappa shape index (κ2) is 10.9. The van der Waals surface area contributed by atoms with E-state index in [1.807, 2.05) is 0 Å². The molecule has 1 atom stereocenters. The first-order valence-electron chi connectivity index (χ1n) is 10.7. The minimum absolute atomic E-state index is 0.00655. The van der Waals surface area contributed by atoms with Crippen LogP contribution in [0.3, 0.4) is 0 Å². The Morgan fingerprint density at radius 2 is 1.68 bits per heavy atom. The van der Waals surface area contributed by atoms with E-state index in [4.69, 9.17) is 61.6 Å². The van der Waals surface area contributed by atoms with Crippen molar-refractivity contribution >= 4 is 87.1 Å². The Balaban J connectivity index is 2.15. The lowest BCUT2D eigenvalue weighted by Crippen LogP contribution is -2.41. The lowest BCUT2D eigenvalue weighted by molar-refractivity contribution is -0.138. The van der Waals surface area contributed by atoms with E-state index in [1.165, 1.54) is 19.2 Å². The third-order valence-corrected chi connectivity index (χ3v) is 7.80. The first kappa shape index (κ1) is 27.3.